The van der Waals surface area contributed by atoms with Gasteiger partial charge in [-0.15, -0.1) is 6.58 Å². The van der Waals surface area contributed by atoms with E-state index in [1.54, 1.807) is 0 Å². The van der Waals surface area contributed by atoms with Crippen molar-refractivity contribution in [1.82, 2.24) is 0 Å². The summed E-state index contributed by atoms with van der Waals surface area (Å²) in [4.78, 5) is 0. The van der Waals surface area contributed by atoms with E-state index in [1.165, 1.54) is 17.2 Å². The molecule has 4 heteroatoms. The molecule has 2 nitrogen and oxygen atoms in total. The SMILES string of the molecule is C=C(B1O[C@H]2C[C@@H]3C[C@@H](C3(C)C)[C@]2(C)O1)C(CCc1ccccc1)[Si](C)(C)c1ccccc1. The zero-order valence-corrected chi connectivity index (χ0v) is 22.0. The molecule has 1 aliphatic heterocycles. The molecule has 0 spiro atoms. The zero-order valence-electron chi connectivity index (χ0n) is 21.0. The first-order valence-corrected chi connectivity index (χ1v) is 15.8. The van der Waals surface area contributed by atoms with E-state index in [4.69, 9.17) is 9.31 Å². The summed E-state index contributed by atoms with van der Waals surface area (Å²) in [5.41, 5.74) is 3.11. The molecule has 2 aromatic rings. The van der Waals surface area contributed by atoms with E-state index >= 15 is 0 Å². The zero-order chi connectivity index (χ0) is 23.4. The molecule has 33 heavy (non-hydrogen) atoms. The Kier molecular flexibility index (Phi) is 5.79. The van der Waals surface area contributed by atoms with Gasteiger partial charge in [0.25, 0.3) is 0 Å². The minimum atomic E-state index is -1.86. The minimum absolute atomic E-state index is 0.186. The van der Waals surface area contributed by atoms with E-state index in [-0.39, 0.29) is 18.8 Å². The van der Waals surface area contributed by atoms with Gasteiger partial charge in [-0.1, -0.05) is 92.8 Å². The smallest absolute Gasteiger partial charge is 0.402 e. The predicted octanol–water partition coefficient (Wildman–Crippen LogP) is 6.43. The van der Waals surface area contributed by atoms with E-state index in [2.05, 4.69) is 101 Å². The highest BCUT2D eigenvalue weighted by Gasteiger charge is 2.68. The predicted molar refractivity (Wildman–Crippen MR) is 141 cm³/mol. The van der Waals surface area contributed by atoms with Gasteiger partial charge in [-0.3, -0.25) is 0 Å². The van der Waals surface area contributed by atoms with Crippen LogP contribution in [0, 0.1) is 17.3 Å². The van der Waals surface area contributed by atoms with Crippen molar-refractivity contribution in [3.8, 4) is 0 Å². The van der Waals surface area contributed by atoms with Crippen molar-refractivity contribution in [3.63, 3.8) is 0 Å². The van der Waals surface area contributed by atoms with Crippen molar-refractivity contribution in [2.24, 2.45) is 17.3 Å². The van der Waals surface area contributed by atoms with Crippen molar-refractivity contribution >= 4 is 20.4 Å². The van der Waals surface area contributed by atoms with E-state index in [0.29, 0.717) is 16.9 Å². The van der Waals surface area contributed by atoms with Gasteiger partial charge < -0.3 is 9.31 Å². The standard InChI is InChI=1S/C29H39BO2Si/c1-21(30-31-27-20-23-19-26(28(23,2)3)29(27,4)32-30)25(18-17-22-13-9-7-10-14-22)33(5,6)24-15-11-8-12-16-24/h7-16,23,25-27H,1,17-20H2,2-6H3/t23-,25?,26-,27-,29-/m0/s1. The maximum absolute atomic E-state index is 6.86. The van der Waals surface area contributed by atoms with Crippen LogP contribution in [0.25, 0.3) is 0 Å². The second-order valence-corrected chi connectivity index (χ2v) is 16.8. The van der Waals surface area contributed by atoms with Crippen LogP contribution in [0.15, 0.2) is 72.7 Å². The van der Waals surface area contributed by atoms with Crippen LogP contribution in [0.2, 0.25) is 18.6 Å². The summed E-state index contributed by atoms with van der Waals surface area (Å²) in [6, 6.07) is 21.9. The van der Waals surface area contributed by atoms with Gasteiger partial charge in [0.1, 0.15) is 0 Å². The molecule has 0 radical (unpaired) electrons. The Morgan fingerprint density at radius 3 is 2.30 bits per heavy atom. The molecular formula is C29H39BO2Si. The van der Waals surface area contributed by atoms with Crippen molar-refractivity contribution in [3.05, 3.63) is 78.3 Å². The highest BCUT2D eigenvalue weighted by molar-refractivity contribution is 6.92. The third-order valence-electron chi connectivity index (χ3n) is 9.65. The number of benzene rings is 2. The van der Waals surface area contributed by atoms with Gasteiger partial charge in [-0.05, 0) is 66.4 Å². The molecule has 4 fully saturated rings. The molecule has 4 aliphatic rings. The molecule has 174 valence electrons. The van der Waals surface area contributed by atoms with Crippen molar-refractivity contribution in [2.45, 2.75) is 76.8 Å². The number of rotatable bonds is 7. The van der Waals surface area contributed by atoms with E-state index in [1.807, 2.05) is 0 Å². The molecular weight excluding hydrogens is 419 g/mol. The van der Waals surface area contributed by atoms with E-state index in [0.717, 1.165) is 30.7 Å². The van der Waals surface area contributed by atoms with Gasteiger partial charge in [-0.25, -0.2) is 0 Å². The molecule has 0 N–H and O–H groups in total. The molecule has 1 saturated heterocycles. The molecule has 1 unspecified atom stereocenters. The second kappa shape index (κ2) is 8.25. The number of aryl methyl sites for hydroxylation is 1. The lowest BCUT2D eigenvalue weighted by Gasteiger charge is -2.64. The fourth-order valence-electron chi connectivity index (χ4n) is 7.22. The Bertz CT molecular complexity index is 1000. The summed E-state index contributed by atoms with van der Waals surface area (Å²) >= 11 is 0. The van der Waals surface area contributed by atoms with E-state index < -0.39 is 8.07 Å². The normalized spacial score (nSPS) is 30.9. The Hall–Kier alpha value is -1.62. The first-order valence-electron chi connectivity index (χ1n) is 12.8. The average molecular weight is 459 g/mol. The first-order chi connectivity index (χ1) is 15.6. The number of allylic oxidation sites excluding steroid dienone is 1. The summed E-state index contributed by atoms with van der Waals surface area (Å²) in [6.07, 6.45) is 4.74. The second-order valence-electron chi connectivity index (χ2n) is 12.0. The lowest BCUT2D eigenvalue weighted by atomic mass is 9.43. The molecule has 2 bridgehead atoms. The van der Waals surface area contributed by atoms with Crippen molar-refractivity contribution < 1.29 is 9.31 Å². The summed E-state index contributed by atoms with van der Waals surface area (Å²) in [7, 11) is -2.15. The van der Waals surface area contributed by atoms with Crippen LogP contribution in [0.1, 0.15) is 45.6 Å². The Balaban J connectivity index is 1.41. The van der Waals surface area contributed by atoms with Crippen LogP contribution in [0.3, 0.4) is 0 Å². The van der Waals surface area contributed by atoms with Gasteiger partial charge >= 0.3 is 7.12 Å². The number of hydrogen-bond acceptors (Lipinski definition) is 2. The monoisotopic (exact) mass is 458 g/mol. The molecule has 5 atom stereocenters. The van der Waals surface area contributed by atoms with Crippen LogP contribution >= 0.6 is 0 Å². The maximum Gasteiger partial charge on any atom is 0.489 e. The first kappa shape index (κ1) is 23.1. The van der Waals surface area contributed by atoms with Gasteiger partial charge in [-0.2, -0.15) is 0 Å². The average Bonchev–Trinajstić information content (AvgIpc) is 3.17. The third kappa shape index (κ3) is 3.79. The Morgan fingerprint density at radius 1 is 1.03 bits per heavy atom. The summed E-state index contributed by atoms with van der Waals surface area (Å²) in [5, 5.41) is 1.48. The minimum Gasteiger partial charge on any atom is -0.402 e. The van der Waals surface area contributed by atoms with Gasteiger partial charge in [0.05, 0.1) is 19.8 Å². The van der Waals surface area contributed by atoms with Crippen LogP contribution < -0.4 is 5.19 Å². The highest BCUT2D eigenvalue weighted by atomic mass is 28.3. The quantitative estimate of drug-likeness (QED) is 0.445. The fraction of sp³-hybridized carbons (Fsp3) is 0.517. The maximum atomic E-state index is 6.86. The molecule has 3 aliphatic carbocycles. The van der Waals surface area contributed by atoms with Gasteiger partial charge in [0, 0.05) is 0 Å². The number of hydrogen-bond donors (Lipinski definition) is 0. The lowest BCUT2D eigenvalue weighted by molar-refractivity contribution is -0.199. The van der Waals surface area contributed by atoms with Gasteiger partial charge in [0.2, 0.25) is 0 Å². The Morgan fingerprint density at radius 2 is 1.67 bits per heavy atom. The molecule has 0 aromatic heterocycles. The summed E-state index contributed by atoms with van der Waals surface area (Å²) < 4.78 is 13.6. The van der Waals surface area contributed by atoms with Crippen LogP contribution in [0.5, 0.6) is 0 Å². The van der Waals surface area contributed by atoms with Crippen LogP contribution in [-0.2, 0) is 15.7 Å². The van der Waals surface area contributed by atoms with Crippen LogP contribution in [-0.4, -0.2) is 26.9 Å². The summed E-state index contributed by atoms with van der Waals surface area (Å²) in [6.45, 7) is 16.8. The third-order valence-corrected chi connectivity index (χ3v) is 13.9. The lowest BCUT2D eigenvalue weighted by Crippen LogP contribution is -2.65. The topological polar surface area (TPSA) is 18.5 Å². The van der Waals surface area contributed by atoms with Crippen molar-refractivity contribution in [1.29, 1.82) is 0 Å². The molecule has 0 amide bonds. The summed E-state index contributed by atoms with van der Waals surface area (Å²) in [5.74, 6) is 1.34. The Labute approximate surface area is 201 Å². The van der Waals surface area contributed by atoms with E-state index in [9.17, 15) is 0 Å². The molecule has 1 heterocycles. The molecule has 6 rings (SSSR count). The highest BCUT2D eigenvalue weighted by Crippen LogP contribution is 2.66. The van der Waals surface area contributed by atoms with Crippen molar-refractivity contribution in [2.75, 3.05) is 0 Å². The molecule has 2 aromatic carbocycles. The fourth-order valence-corrected chi connectivity index (χ4v) is 10.6. The van der Waals surface area contributed by atoms with Gasteiger partial charge in [0.15, 0.2) is 0 Å². The van der Waals surface area contributed by atoms with Crippen LogP contribution in [0.4, 0.5) is 0 Å². The molecule has 3 saturated carbocycles. The largest absolute Gasteiger partial charge is 0.489 e.